The maximum atomic E-state index is 9.42. The van der Waals surface area contributed by atoms with E-state index in [1.54, 1.807) is 0 Å². The van der Waals surface area contributed by atoms with Crippen LogP contribution in [0.1, 0.15) is 51.2 Å². The fourth-order valence-electron chi connectivity index (χ4n) is 2.66. The van der Waals surface area contributed by atoms with Gasteiger partial charge in [-0.3, -0.25) is 0 Å². The molecule has 1 aromatic carbocycles. The van der Waals surface area contributed by atoms with Gasteiger partial charge in [-0.2, -0.15) is 0 Å². The molecule has 1 aliphatic carbocycles. The highest BCUT2D eigenvalue weighted by Crippen LogP contribution is 2.39. The monoisotopic (exact) mass is 261 g/mol. The van der Waals surface area contributed by atoms with Gasteiger partial charge in [0.2, 0.25) is 0 Å². The summed E-state index contributed by atoms with van der Waals surface area (Å²) in [7, 11) is 0. The minimum absolute atomic E-state index is 0.172. The van der Waals surface area contributed by atoms with Crippen LogP contribution < -0.4 is 5.32 Å². The van der Waals surface area contributed by atoms with Crippen LogP contribution >= 0.6 is 0 Å². The molecule has 106 valence electrons. The third-order valence-corrected chi connectivity index (χ3v) is 4.40. The Labute approximate surface area is 117 Å². The summed E-state index contributed by atoms with van der Waals surface area (Å²) >= 11 is 0. The predicted molar refractivity (Wildman–Crippen MR) is 80.2 cm³/mol. The maximum absolute atomic E-state index is 9.42. The third kappa shape index (κ3) is 3.58. The molecular formula is C17H27NO. The summed E-state index contributed by atoms with van der Waals surface area (Å²) in [5.74, 6) is 0. The van der Waals surface area contributed by atoms with Crippen molar-refractivity contribution in [3.8, 4) is 0 Å². The van der Waals surface area contributed by atoms with Crippen molar-refractivity contribution in [2.24, 2.45) is 5.41 Å². The van der Waals surface area contributed by atoms with Gasteiger partial charge in [0, 0.05) is 25.1 Å². The molecule has 0 unspecified atom stereocenters. The Kier molecular flexibility index (Phi) is 4.32. The van der Waals surface area contributed by atoms with E-state index in [-0.39, 0.29) is 10.8 Å². The van der Waals surface area contributed by atoms with Gasteiger partial charge in [0.1, 0.15) is 0 Å². The largest absolute Gasteiger partial charge is 0.396 e. The van der Waals surface area contributed by atoms with Gasteiger partial charge in [0.25, 0.3) is 0 Å². The second-order valence-corrected chi connectivity index (χ2v) is 7.06. The lowest BCUT2D eigenvalue weighted by molar-refractivity contribution is 0.0445. The summed E-state index contributed by atoms with van der Waals surface area (Å²) in [5, 5.41) is 12.9. The molecule has 1 fully saturated rings. The summed E-state index contributed by atoms with van der Waals surface area (Å²) < 4.78 is 0. The molecule has 1 aliphatic rings. The van der Waals surface area contributed by atoms with Crippen LogP contribution in [-0.2, 0) is 12.0 Å². The van der Waals surface area contributed by atoms with Crippen molar-refractivity contribution >= 4 is 0 Å². The molecule has 0 spiro atoms. The quantitative estimate of drug-likeness (QED) is 0.853. The molecular weight excluding hydrogens is 234 g/mol. The van der Waals surface area contributed by atoms with Crippen LogP contribution in [-0.4, -0.2) is 18.3 Å². The highest BCUT2D eigenvalue weighted by Gasteiger charge is 2.35. The Hall–Kier alpha value is -0.860. The lowest BCUT2D eigenvalue weighted by Crippen LogP contribution is -2.42. The van der Waals surface area contributed by atoms with E-state index >= 15 is 0 Å². The van der Waals surface area contributed by atoms with Crippen molar-refractivity contribution < 1.29 is 5.11 Å². The van der Waals surface area contributed by atoms with Gasteiger partial charge >= 0.3 is 0 Å². The normalized spacial score (nSPS) is 18.1. The molecule has 0 radical (unpaired) electrons. The highest BCUT2D eigenvalue weighted by atomic mass is 16.3. The fraction of sp³-hybridized carbons (Fsp3) is 0.647. The SMILES string of the molecule is CC(C)(C)c1ccc(CNCC2(CO)CCC2)cc1. The lowest BCUT2D eigenvalue weighted by Gasteiger charge is -2.40. The first-order chi connectivity index (χ1) is 8.95. The second-order valence-electron chi connectivity index (χ2n) is 7.06. The van der Waals surface area contributed by atoms with Crippen LogP contribution in [0.5, 0.6) is 0 Å². The van der Waals surface area contributed by atoms with Crippen LogP contribution in [0.3, 0.4) is 0 Å². The zero-order valence-corrected chi connectivity index (χ0v) is 12.5. The van der Waals surface area contributed by atoms with Gasteiger partial charge in [-0.05, 0) is 29.4 Å². The minimum Gasteiger partial charge on any atom is -0.396 e. The summed E-state index contributed by atoms with van der Waals surface area (Å²) in [4.78, 5) is 0. The average molecular weight is 261 g/mol. The van der Waals surface area contributed by atoms with Crippen molar-refractivity contribution in [1.29, 1.82) is 0 Å². The van der Waals surface area contributed by atoms with E-state index in [4.69, 9.17) is 0 Å². The summed E-state index contributed by atoms with van der Waals surface area (Å²) in [5.41, 5.74) is 3.09. The number of hydrogen-bond donors (Lipinski definition) is 2. The Morgan fingerprint density at radius 1 is 1.16 bits per heavy atom. The van der Waals surface area contributed by atoms with E-state index < -0.39 is 0 Å². The first kappa shape index (κ1) is 14.5. The maximum Gasteiger partial charge on any atom is 0.0499 e. The summed E-state index contributed by atoms with van der Waals surface area (Å²) in [6.07, 6.45) is 3.60. The molecule has 2 heteroatoms. The van der Waals surface area contributed by atoms with Gasteiger partial charge in [-0.1, -0.05) is 51.5 Å². The molecule has 0 amide bonds. The van der Waals surface area contributed by atoms with Gasteiger partial charge in [0.05, 0.1) is 0 Å². The Balaban J connectivity index is 1.83. The highest BCUT2D eigenvalue weighted by molar-refractivity contribution is 5.27. The molecule has 1 saturated carbocycles. The minimum atomic E-state index is 0.172. The van der Waals surface area contributed by atoms with Crippen LogP contribution in [0.2, 0.25) is 0 Å². The van der Waals surface area contributed by atoms with Gasteiger partial charge in [0.15, 0.2) is 0 Å². The Morgan fingerprint density at radius 2 is 1.79 bits per heavy atom. The molecule has 19 heavy (non-hydrogen) atoms. The number of rotatable bonds is 5. The molecule has 0 aliphatic heterocycles. The number of aliphatic hydroxyl groups is 1. The van der Waals surface area contributed by atoms with Crippen molar-refractivity contribution in [2.45, 2.75) is 52.0 Å². The smallest absolute Gasteiger partial charge is 0.0499 e. The van der Waals surface area contributed by atoms with Crippen LogP contribution in [0.4, 0.5) is 0 Å². The van der Waals surface area contributed by atoms with Gasteiger partial charge in [-0.25, -0.2) is 0 Å². The van der Waals surface area contributed by atoms with E-state index in [0.717, 1.165) is 13.1 Å². The number of aliphatic hydroxyl groups excluding tert-OH is 1. The van der Waals surface area contributed by atoms with E-state index in [9.17, 15) is 5.11 Å². The third-order valence-electron chi connectivity index (χ3n) is 4.40. The molecule has 2 nitrogen and oxygen atoms in total. The van der Waals surface area contributed by atoms with Crippen LogP contribution in [0.15, 0.2) is 24.3 Å². The first-order valence-corrected chi connectivity index (χ1v) is 7.36. The molecule has 2 N–H and O–H groups in total. The zero-order chi connectivity index (χ0) is 13.9. The van der Waals surface area contributed by atoms with Crippen molar-refractivity contribution in [1.82, 2.24) is 5.32 Å². The molecule has 2 rings (SSSR count). The predicted octanol–water partition coefficient (Wildman–Crippen LogP) is 3.24. The summed E-state index contributed by atoms with van der Waals surface area (Å²) in [6, 6.07) is 8.87. The average Bonchev–Trinajstić information content (AvgIpc) is 2.32. The molecule has 1 aromatic rings. The Morgan fingerprint density at radius 3 is 2.21 bits per heavy atom. The standard InChI is InChI=1S/C17H27NO/c1-16(2,3)15-7-5-14(6-8-15)11-18-12-17(13-19)9-4-10-17/h5-8,18-19H,4,9-13H2,1-3H3. The number of hydrogen-bond acceptors (Lipinski definition) is 2. The number of benzene rings is 1. The lowest BCUT2D eigenvalue weighted by atomic mass is 9.69. The van der Waals surface area contributed by atoms with E-state index in [1.165, 1.54) is 30.4 Å². The molecule has 0 heterocycles. The van der Waals surface area contributed by atoms with Crippen LogP contribution in [0, 0.1) is 5.41 Å². The number of nitrogens with one attached hydrogen (secondary N) is 1. The van der Waals surface area contributed by atoms with E-state index in [0.29, 0.717) is 6.61 Å². The van der Waals surface area contributed by atoms with Crippen molar-refractivity contribution in [2.75, 3.05) is 13.2 Å². The van der Waals surface area contributed by atoms with Crippen molar-refractivity contribution in [3.63, 3.8) is 0 Å². The van der Waals surface area contributed by atoms with E-state index in [1.807, 2.05) is 0 Å². The first-order valence-electron chi connectivity index (χ1n) is 7.36. The summed E-state index contributed by atoms with van der Waals surface area (Å²) in [6.45, 7) is 8.87. The molecule has 0 bridgehead atoms. The topological polar surface area (TPSA) is 32.3 Å². The zero-order valence-electron chi connectivity index (χ0n) is 12.5. The molecule has 0 aromatic heterocycles. The van der Waals surface area contributed by atoms with Gasteiger partial charge in [-0.15, -0.1) is 0 Å². The van der Waals surface area contributed by atoms with Gasteiger partial charge < -0.3 is 10.4 Å². The van der Waals surface area contributed by atoms with Crippen LogP contribution in [0.25, 0.3) is 0 Å². The van der Waals surface area contributed by atoms with E-state index in [2.05, 4.69) is 50.4 Å². The molecule has 0 atom stereocenters. The molecule has 0 saturated heterocycles. The second kappa shape index (κ2) is 5.64. The fourth-order valence-corrected chi connectivity index (χ4v) is 2.66. The Bertz CT molecular complexity index is 393. The van der Waals surface area contributed by atoms with Crippen molar-refractivity contribution in [3.05, 3.63) is 35.4 Å².